The van der Waals surface area contributed by atoms with Crippen molar-refractivity contribution >= 4 is 5.96 Å². The van der Waals surface area contributed by atoms with Gasteiger partial charge in [-0.2, -0.15) is 0 Å². The second-order valence-electron chi connectivity index (χ2n) is 6.21. The summed E-state index contributed by atoms with van der Waals surface area (Å²) in [5.41, 5.74) is 0. The van der Waals surface area contributed by atoms with Crippen molar-refractivity contribution in [3.8, 4) is 0 Å². The lowest BCUT2D eigenvalue weighted by atomic mass is 10.0. The average Bonchev–Trinajstić information content (AvgIpc) is 2.58. The third-order valence-electron chi connectivity index (χ3n) is 4.04. The third-order valence-corrected chi connectivity index (χ3v) is 4.04. The Kier molecular flexibility index (Phi) is 11.8. The lowest BCUT2D eigenvalue weighted by Crippen LogP contribution is -2.48. The smallest absolute Gasteiger partial charge is 0.191 e. The third kappa shape index (κ3) is 8.82. The maximum absolute atomic E-state index is 5.47. The minimum atomic E-state index is 0.447. The number of ether oxygens (including phenoxy) is 3. The molecule has 142 valence electrons. The summed E-state index contributed by atoms with van der Waals surface area (Å²) in [6.07, 6.45) is 0. The fourth-order valence-electron chi connectivity index (χ4n) is 2.67. The fourth-order valence-corrected chi connectivity index (χ4v) is 2.67. The molecule has 0 aromatic rings. The first-order valence-corrected chi connectivity index (χ1v) is 9.09. The van der Waals surface area contributed by atoms with E-state index in [4.69, 9.17) is 19.2 Å². The van der Waals surface area contributed by atoms with Crippen molar-refractivity contribution in [1.82, 2.24) is 15.5 Å². The monoisotopic (exact) mass is 344 g/mol. The van der Waals surface area contributed by atoms with E-state index in [2.05, 4.69) is 36.3 Å². The molecule has 1 aliphatic rings. The molecule has 0 amide bonds. The summed E-state index contributed by atoms with van der Waals surface area (Å²) in [5.74, 6) is 1.42. The Balaban J connectivity index is 2.42. The van der Waals surface area contributed by atoms with Gasteiger partial charge in [0.15, 0.2) is 5.96 Å². The first kappa shape index (κ1) is 21.2. The Labute approximate surface area is 147 Å². The van der Waals surface area contributed by atoms with Crippen molar-refractivity contribution in [1.29, 1.82) is 0 Å². The molecule has 0 aromatic heterocycles. The molecule has 1 atom stereocenters. The topological polar surface area (TPSA) is 67.4 Å². The summed E-state index contributed by atoms with van der Waals surface area (Å²) >= 11 is 0. The number of guanidine groups is 1. The van der Waals surface area contributed by atoms with Crippen molar-refractivity contribution in [3.05, 3.63) is 0 Å². The molecule has 1 heterocycles. The van der Waals surface area contributed by atoms with Crippen LogP contribution >= 0.6 is 0 Å². The molecule has 1 aliphatic heterocycles. The van der Waals surface area contributed by atoms with Crippen LogP contribution in [-0.2, 0) is 14.2 Å². The van der Waals surface area contributed by atoms with Crippen molar-refractivity contribution in [2.24, 2.45) is 10.9 Å². The summed E-state index contributed by atoms with van der Waals surface area (Å²) in [7, 11) is 1.68. The molecule has 0 bridgehead atoms. The average molecular weight is 345 g/mol. The van der Waals surface area contributed by atoms with Gasteiger partial charge in [0.1, 0.15) is 0 Å². The van der Waals surface area contributed by atoms with E-state index in [9.17, 15) is 0 Å². The number of hydrogen-bond donors (Lipinski definition) is 2. The lowest BCUT2D eigenvalue weighted by Gasteiger charge is -2.36. The second-order valence-corrected chi connectivity index (χ2v) is 6.21. The highest BCUT2D eigenvalue weighted by Crippen LogP contribution is 2.13. The summed E-state index contributed by atoms with van der Waals surface area (Å²) in [6.45, 7) is 14.5. The maximum Gasteiger partial charge on any atom is 0.191 e. The van der Waals surface area contributed by atoms with E-state index in [-0.39, 0.29) is 0 Å². The van der Waals surface area contributed by atoms with Gasteiger partial charge in [-0.3, -0.25) is 9.89 Å². The molecule has 7 nitrogen and oxygen atoms in total. The number of aliphatic imine (C=N–C) groups is 1. The predicted molar refractivity (Wildman–Crippen MR) is 97.7 cm³/mol. The molecule has 2 N–H and O–H groups in total. The van der Waals surface area contributed by atoms with E-state index >= 15 is 0 Å². The van der Waals surface area contributed by atoms with Crippen molar-refractivity contribution in [2.75, 3.05) is 72.9 Å². The van der Waals surface area contributed by atoms with Gasteiger partial charge in [-0.25, -0.2) is 0 Å². The quantitative estimate of drug-likeness (QED) is 0.324. The van der Waals surface area contributed by atoms with Crippen LogP contribution in [0.25, 0.3) is 0 Å². The molecular weight excluding hydrogens is 308 g/mol. The minimum absolute atomic E-state index is 0.447. The molecule has 0 aliphatic carbocycles. The molecule has 0 radical (unpaired) electrons. The zero-order valence-corrected chi connectivity index (χ0v) is 15.8. The molecule has 7 heteroatoms. The number of rotatable bonds is 11. The normalized spacial score (nSPS) is 18.0. The van der Waals surface area contributed by atoms with Crippen LogP contribution in [0.4, 0.5) is 0 Å². The maximum atomic E-state index is 5.47. The van der Waals surface area contributed by atoms with Gasteiger partial charge < -0.3 is 24.8 Å². The van der Waals surface area contributed by atoms with E-state index in [0.29, 0.717) is 31.8 Å². The van der Waals surface area contributed by atoms with Crippen LogP contribution in [0, 0.1) is 5.92 Å². The number of nitrogens with zero attached hydrogens (tertiary/aromatic N) is 2. The van der Waals surface area contributed by atoms with E-state index in [1.54, 1.807) is 7.11 Å². The largest absolute Gasteiger partial charge is 0.382 e. The van der Waals surface area contributed by atoms with Crippen LogP contribution in [0.3, 0.4) is 0 Å². The van der Waals surface area contributed by atoms with Gasteiger partial charge in [0.05, 0.1) is 39.6 Å². The Morgan fingerprint density at radius 1 is 1.17 bits per heavy atom. The van der Waals surface area contributed by atoms with Crippen molar-refractivity contribution < 1.29 is 14.2 Å². The van der Waals surface area contributed by atoms with Gasteiger partial charge in [0.25, 0.3) is 0 Å². The van der Waals surface area contributed by atoms with E-state index in [0.717, 1.165) is 51.9 Å². The molecule has 0 saturated carbocycles. The van der Waals surface area contributed by atoms with Crippen molar-refractivity contribution in [3.63, 3.8) is 0 Å². The standard InChI is InChI=1S/C17H36N4O3/c1-5-18-17(19-6-9-23-13-12-22-4)20-14-16(15(2)3)21-7-10-24-11-8-21/h15-16H,5-14H2,1-4H3,(H2,18,19,20). The molecule has 1 unspecified atom stereocenters. The number of morpholine rings is 1. The fraction of sp³-hybridized carbons (Fsp3) is 0.941. The number of methoxy groups -OCH3 is 1. The lowest BCUT2D eigenvalue weighted by molar-refractivity contribution is 0.00867. The first-order valence-electron chi connectivity index (χ1n) is 9.09. The van der Waals surface area contributed by atoms with E-state index in [1.165, 1.54) is 0 Å². The molecule has 0 aromatic carbocycles. The first-order chi connectivity index (χ1) is 11.7. The van der Waals surface area contributed by atoms with Crippen LogP contribution in [0.5, 0.6) is 0 Å². The summed E-state index contributed by atoms with van der Waals surface area (Å²) in [5, 5.41) is 6.62. The van der Waals surface area contributed by atoms with Crippen LogP contribution in [-0.4, -0.2) is 89.8 Å². The van der Waals surface area contributed by atoms with Crippen LogP contribution in [0.2, 0.25) is 0 Å². The second kappa shape index (κ2) is 13.4. The highest BCUT2D eigenvalue weighted by atomic mass is 16.5. The van der Waals surface area contributed by atoms with E-state index < -0.39 is 0 Å². The van der Waals surface area contributed by atoms with Crippen molar-refractivity contribution in [2.45, 2.75) is 26.8 Å². The zero-order valence-electron chi connectivity index (χ0n) is 15.8. The molecule has 24 heavy (non-hydrogen) atoms. The Morgan fingerprint density at radius 2 is 1.92 bits per heavy atom. The Bertz CT molecular complexity index is 334. The van der Waals surface area contributed by atoms with Crippen LogP contribution in [0.1, 0.15) is 20.8 Å². The summed E-state index contributed by atoms with van der Waals surface area (Å²) in [4.78, 5) is 7.27. The highest BCUT2D eigenvalue weighted by molar-refractivity contribution is 5.79. The Hall–Kier alpha value is -0.890. The molecule has 1 rings (SSSR count). The molecule has 1 fully saturated rings. The Morgan fingerprint density at radius 3 is 2.54 bits per heavy atom. The van der Waals surface area contributed by atoms with Crippen LogP contribution in [0.15, 0.2) is 4.99 Å². The highest BCUT2D eigenvalue weighted by Gasteiger charge is 2.23. The molecular formula is C17H36N4O3. The number of nitrogens with one attached hydrogen (secondary N) is 2. The summed E-state index contributed by atoms with van der Waals surface area (Å²) in [6, 6.07) is 0.447. The summed E-state index contributed by atoms with van der Waals surface area (Å²) < 4.78 is 15.9. The predicted octanol–water partition coefficient (Wildman–Crippen LogP) is 0.561. The number of hydrogen-bond acceptors (Lipinski definition) is 5. The minimum Gasteiger partial charge on any atom is -0.382 e. The van der Waals surface area contributed by atoms with E-state index in [1.807, 2.05) is 0 Å². The zero-order chi connectivity index (χ0) is 17.6. The SMILES string of the molecule is CCNC(=NCC(C(C)C)N1CCOCC1)NCCOCCOC. The van der Waals surface area contributed by atoms with Crippen LogP contribution < -0.4 is 10.6 Å². The molecule has 1 saturated heterocycles. The van der Waals surface area contributed by atoms with Gasteiger partial charge in [0, 0.05) is 39.3 Å². The molecule has 0 spiro atoms. The van der Waals surface area contributed by atoms with Gasteiger partial charge in [-0.1, -0.05) is 13.8 Å². The van der Waals surface area contributed by atoms with Gasteiger partial charge in [-0.15, -0.1) is 0 Å². The van der Waals surface area contributed by atoms with Gasteiger partial charge in [0.2, 0.25) is 0 Å². The van der Waals surface area contributed by atoms with Gasteiger partial charge in [-0.05, 0) is 12.8 Å². The van der Waals surface area contributed by atoms with Gasteiger partial charge >= 0.3 is 0 Å².